The molecule has 0 aliphatic heterocycles. The van der Waals surface area contributed by atoms with Crippen molar-refractivity contribution in [1.82, 2.24) is 15.5 Å². The smallest absolute Gasteiger partial charge is 0.240 e. The zero-order valence-electron chi connectivity index (χ0n) is 10.6. The van der Waals surface area contributed by atoms with Crippen molar-refractivity contribution < 1.29 is 4.52 Å². The summed E-state index contributed by atoms with van der Waals surface area (Å²) >= 11 is 12.2. The molecule has 0 fully saturated rings. The first-order valence-electron chi connectivity index (χ1n) is 6.15. The quantitative estimate of drug-likeness (QED) is 0.830. The normalized spacial score (nSPS) is 10.9. The van der Waals surface area contributed by atoms with Crippen LogP contribution in [0.4, 0.5) is 0 Å². The third-order valence-electron chi connectivity index (χ3n) is 2.61. The van der Waals surface area contributed by atoms with E-state index in [1.54, 1.807) is 12.1 Å². The minimum absolute atomic E-state index is 0.468. The van der Waals surface area contributed by atoms with Gasteiger partial charge in [-0.2, -0.15) is 4.98 Å². The fourth-order valence-corrected chi connectivity index (χ4v) is 2.20. The number of hydrogen-bond donors (Lipinski definition) is 1. The molecule has 2 rings (SSSR count). The first kappa shape index (κ1) is 14.3. The maximum Gasteiger partial charge on any atom is 0.240 e. The lowest BCUT2D eigenvalue weighted by atomic mass is 10.1. The molecule has 1 N–H and O–H groups in total. The van der Waals surface area contributed by atoms with Gasteiger partial charge in [0, 0.05) is 16.5 Å². The molecule has 0 radical (unpaired) electrons. The van der Waals surface area contributed by atoms with Crippen molar-refractivity contribution in [2.24, 2.45) is 0 Å². The van der Waals surface area contributed by atoms with Gasteiger partial charge in [-0.3, -0.25) is 0 Å². The third-order valence-corrected chi connectivity index (χ3v) is 3.32. The van der Waals surface area contributed by atoms with E-state index in [1.165, 1.54) is 0 Å². The molecular weight excluding hydrogens is 285 g/mol. The highest BCUT2D eigenvalue weighted by Gasteiger charge is 2.11. The second kappa shape index (κ2) is 6.89. The van der Waals surface area contributed by atoms with Gasteiger partial charge in [-0.1, -0.05) is 41.3 Å². The molecule has 4 nitrogen and oxygen atoms in total. The van der Waals surface area contributed by atoms with Gasteiger partial charge in [0.05, 0.1) is 6.54 Å². The lowest BCUT2D eigenvalue weighted by Crippen LogP contribution is -2.13. The predicted octanol–water partition coefficient (Wildman–Crippen LogP) is 3.47. The summed E-state index contributed by atoms with van der Waals surface area (Å²) in [6, 6.07) is 5.41. The number of benzene rings is 1. The Morgan fingerprint density at radius 3 is 2.68 bits per heavy atom. The van der Waals surface area contributed by atoms with Crippen LogP contribution in [0.15, 0.2) is 22.7 Å². The molecule has 0 aliphatic rings. The molecule has 1 aromatic carbocycles. The lowest BCUT2D eigenvalue weighted by Gasteiger charge is -2.03. The molecule has 0 bridgehead atoms. The van der Waals surface area contributed by atoms with Gasteiger partial charge in [0.25, 0.3) is 0 Å². The van der Waals surface area contributed by atoms with Gasteiger partial charge in [-0.15, -0.1) is 0 Å². The summed E-state index contributed by atoms with van der Waals surface area (Å²) in [7, 11) is 0. The Kier molecular flexibility index (Phi) is 5.19. The third kappa shape index (κ3) is 3.93. The van der Waals surface area contributed by atoms with E-state index in [1.807, 2.05) is 6.07 Å². The van der Waals surface area contributed by atoms with Crippen LogP contribution in [0.5, 0.6) is 0 Å². The van der Waals surface area contributed by atoms with Gasteiger partial charge in [0.2, 0.25) is 5.89 Å². The van der Waals surface area contributed by atoms with E-state index in [4.69, 9.17) is 27.7 Å². The topological polar surface area (TPSA) is 51.0 Å². The zero-order chi connectivity index (χ0) is 13.7. The summed E-state index contributed by atoms with van der Waals surface area (Å²) in [5.74, 6) is 1.16. The van der Waals surface area contributed by atoms with Crippen LogP contribution in [0.1, 0.15) is 30.6 Å². The van der Waals surface area contributed by atoms with Crippen LogP contribution in [0.25, 0.3) is 0 Å². The Labute approximate surface area is 122 Å². The second-order valence-electron chi connectivity index (χ2n) is 4.16. The largest absolute Gasteiger partial charge is 0.338 e. The maximum atomic E-state index is 6.11. The second-order valence-corrected chi connectivity index (χ2v) is 4.97. The molecule has 0 saturated carbocycles. The minimum Gasteiger partial charge on any atom is -0.338 e. The van der Waals surface area contributed by atoms with E-state index in [9.17, 15) is 0 Å². The highest BCUT2D eigenvalue weighted by molar-refractivity contribution is 6.36. The van der Waals surface area contributed by atoms with E-state index in [-0.39, 0.29) is 0 Å². The van der Waals surface area contributed by atoms with Crippen molar-refractivity contribution in [2.45, 2.75) is 26.3 Å². The van der Waals surface area contributed by atoms with Crippen LogP contribution in [0, 0.1) is 0 Å². The van der Waals surface area contributed by atoms with Crippen LogP contribution in [-0.4, -0.2) is 16.7 Å². The molecule has 0 atom stereocenters. The highest BCUT2D eigenvalue weighted by atomic mass is 35.5. The summed E-state index contributed by atoms with van der Waals surface area (Å²) < 4.78 is 5.15. The number of aromatic nitrogens is 2. The highest BCUT2D eigenvalue weighted by Crippen LogP contribution is 2.26. The molecule has 102 valence electrons. The van der Waals surface area contributed by atoms with Gasteiger partial charge >= 0.3 is 0 Å². The van der Waals surface area contributed by atoms with Crippen molar-refractivity contribution in [1.29, 1.82) is 0 Å². The molecule has 0 saturated heterocycles. The summed E-state index contributed by atoms with van der Waals surface area (Å²) in [5, 5.41) is 8.36. The summed E-state index contributed by atoms with van der Waals surface area (Å²) in [6.07, 6.45) is 1.53. The van der Waals surface area contributed by atoms with Gasteiger partial charge in [0.1, 0.15) is 0 Å². The van der Waals surface area contributed by atoms with Crippen molar-refractivity contribution >= 4 is 23.2 Å². The lowest BCUT2D eigenvalue weighted by molar-refractivity contribution is 0.363. The van der Waals surface area contributed by atoms with E-state index in [0.29, 0.717) is 34.7 Å². The number of halogens is 2. The Hall–Kier alpha value is -1.10. The average Bonchev–Trinajstić information content (AvgIpc) is 2.82. The Bertz CT molecular complexity index is 522. The number of hydrogen-bond acceptors (Lipinski definition) is 4. The molecule has 19 heavy (non-hydrogen) atoms. The van der Waals surface area contributed by atoms with Gasteiger partial charge < -0.3 is 9.84 Å². The van der Waals surface area contributed by atoms with Crippen molar-refractivity contribution in [3.63, 3.8) is 0 Å². The minimum atomic E-state index is 0.468. The SMILES string of the molecule is CCCNCc1nc(Cc2c(Cl)cccc2Cl)no1. The fourth-order valence-electron chi connectivity index (χ4n) is 1.67. The Balaban J connectivity index is 2.03. The molecule has 1 aromatic heterocycles. The summed E-state index contributed by atoms with van der Waals surface area (Å²) in [5.41, 5.74) is 0.819. The van der Waals surface area contributed by atoms with Gasteiger partial charge in [-0.05, 0) is 30.7 Å². The van der Waals surface area contributed by atoms with E-state index >= 15 is 0 Å². The van der Waals surface area contributed by atoms with Crippen molar-refractivity contribution in [3.05, 3.63) is 45.5 Å². The standard InChI is InChI=1S/C13H15Cl2N3O/c1-2-6-16-8-13-17-12(18-19-13)7-9-10(14)4-3-5-11(9)15/h3-5,16H,2,6-8H2,1H3. The monoisotopic (exact) mass is 299 g/mol. The van der Waals surface area contributed by atoms with Crippen molar-refractivity contribution in [2.75, 3.05) is 6.54 Å². The maximum absolute atomic E-state index is 6.11. The number of nitrogens with zero attached hydrogens (tertiary/aromatic N) is 2. The van der Waals surface area contributed by atoms with Crippen LogP contribution in [-0.2, 0) is 13.0 Å². The molecule has 6 heteroatoms. The molecule has 1 heterocycles. The molecule has 0 amide bonds. The fraction of sp³-hybridized carbons (Fsp3) is 0.385. The Morgan fingerprint density at radius 2 is 2.00 bits per heavy atom. The van der Waals surface area contributed by atoms with Crippen LogP contribution < -0.4 is 5.32 Å². The number of nitrogens with one attached hydrogen (secondary N) is 1. The molecule has 0 unspecified atom stereocenters. The average molecular weight is 300 g/mol. The van der Waals surface area contributed by atoms with E-state index in [0.717, 1.165) is 18.5 Å². The van der Waals surface area contributed by atoms with Crippen LogP contribution in [0.2, 0.25) is 10.0 Å². The first-order chi connectivity index (χ1) is 9.20. The molecule has 2 aromatic rings. The van der Waals surface area contributed by atoms with Crippen molar-refractivity contribution in [3.8, 4) is 0 Å². The van der Waals surface area contributed by atoms with Gasteiger partial charge in [-0.25, -0.2) is 0 Å². The van der Waals surface area contributed by atoms with E-state index < -0.39 is 0 Å². The predicted molar refractivity (Wildman–Crippen MR) is 75.6 cm³/mol. The molecule has 0 spiro atoms. The first-order valence-corrected chi connectivity index (χ1v) is 6.91. The van der Waals surface area contributed by atoms with Crippen LogP contribution in [0.3, 0.4) is 0 Å². The summed E-state index contributed by atoms with van der Waals surface area (Å²) in [6.45, 7) is 3.61. The van der Waals surface area contributed by atoms with Gasteiger partial charge in [0.15, 0.2) is 5.82 Å². The van der Waals surface area contributed by atoms with Crippen LogP contribution >= 0.6 is 23.2 Å². The summed E-state index contributed by atoms with van der Waals surface area (Å²) in [4.78, 5) is 4.30. The number of rotatable bonds is 6. The van der Waals surface area contributed by atoms with E-state index in [2.05, 4.69) is 22.4 Å². The Morgan fingerprint density at radius 1 is 1.26 bits per heavy atom. The molecule has 0 aliphatic carbocycles. The molecular formula is C13H15Cl2N3O. The zero-order valence-corrected chi connectivity index (χ0v) is 12.1.